The average molecular weight is 408 g/mol. The Labute approximate surface area is 111 Å². The third-order valence-electron chi connectivity index (χ3n) is 2.39. The van der Waals surface area contributed by atoms with Gasteiger partial charge in [0.05, 0.1) is 0 Å². The Kier molecular flexibility index (Phi) is 3.65. The van der Waals surface area contributed by atoms with E-state index >= 15 is 0 Å². The lowest BCUT2D eigenvalue weighted by Crippen LogP contribution is -1.86. The molecule has 2 aromatic rings. The molecule has 0 radical (unpaired) electrons. The second-order valence-electron chi connectivity index (χ2n) is 3.20. The lowest BCUT2D eigenvalue weighted by atomic mass is 10.0. The zero-order valence-corrected chi connectivity index (χ0v) is 11.9. The highest BCUT2D eigenvalue weighted by Crippen LogP contribution is 2.25. The Morgan fingerprint density at radius 3 is 1.50 bits per heavy atom. The van der Waals surface area contributed by atoms with Crippen LogP contribution in [0.15, 0.2) is 36.4 Å². The smallest absolute Gasteiger partial charge is 0.0253 e. The van der Waals surface area contributed by atoms with Crippen molar-refractivity contribution in [2.75, 3.05) is 0 Å². The van der Waals surface area contributed by atoms with Gasteiger partial charge in [-0.15, -0.1) is 0 Å². The van der Waals surface area contributed by atoms with E-state index in [1.807, 2.05) is 0 Å². The molecule has 0 aliphatic rings. The highest BCUT2D eigenvalue weighted by Gasteiger charge is 2.02. The second kappa shape index (κ2) is 4.79. The van der Waals surface area contributed by atoms with Gasteiger partial charge >= 0.3 is 0 Å². The number of fused-ring (bicyclic) bond motifs is 1. The third kappa shape index (κ3) is 1.91. The molecule has 0 N–H and O–H groups in total. The predicted octanol–water partition coefficient (Wildman–Crippen LogP) is 4.71. The Balaban J connectivity index is 2.78. The molecular formula is C12H10I2. The van der Waals surface area contributed by atoms with Crippen LogP contribution in [0.1, 0.15) is 11.1 Å². The predicted molar refractivity (Wildman–Crippen MR) is 79.4 cm³/mol. The topological polar surface area (TPSA) is 0 Å². The lowest BCUT2D eigenvalue weighted by molar-refractivity contribution is 1.44. The molecule has 14 heavy (non-hydrogen) atoms. The van der Waals surface area contributed by atoms with Gasteiger partial charge in [0.25, 0.3) is 0 Å². The Hall–Kier alpha value is 0.160. The van der Waals surface area contributed by atoms with E-state index in [9.17, 15) is 0 Å². The van der Waals surface area contributed by atoms with Gasteiger partial charge < -0.3 is 0 Å². The molecule has 0 nitrogen and oxygen atoms in total. The van der Waals surface area contributed by atoms with Crippen LogP contribution in [0.2, 0.25) is 0 Å². The first-order chi connectivity index (χ1) is 6.86. The molecule has 72 valence electrons. The number of rotatable bonds is 2. The maximum Gasteiger partial charge on any atom is 0.0253 e. The van der Waals surface area contributed by atoms with Gasteiger partial charge in [0, 0.05) is 8.86 Å². The molecule has 2 heteroatoms. The minimum atomic E-state index is 1.08. The van der Waals surface area contributed by atoms with Crippen molar-refractivity contribution >= 4 is 56.0 Å². The summed E-state index contributed by atoms with van der Waals surface area (Å²) in [6.07, 6.45) is 0. The van der Waals surface area contributed by atoms with E-state index in [2.05, 4.69) is 81.6 Å². The Morgan fingerprint density at radius 2 is 1.14 bits per heavy atom. The van der Waals surface area contributed by atoms with E-state index in [0.29, 0.717) is 0 Å². The molecule has 0 atom stereocenters. The Morgan fingerprint density at radius 1 is 0.714 bits per heavy atom. The van der Waals surface area contributed by atoms with Gasteiger partial charge in [-0.25, -0.2) is 0 Å². The summed E-state index contributed by atoms with van der Waals surface area (Å²) in [5.41, 5.74) is 2.88. The van der Waals surface area contributed by atoms with Crippen molar-refractivity contribution in [3.8, 4) is 0 Å². The standard InChI is InChI=1S/C12H10I2/c13-7-9-5-6-10(8-14)12-4-2-1-3-11(9)12/h1-6H,7-8H2. The number of hydrogen-bond acceptors (Lipinski definition) is 0. The molecule has 2 rings (SSSR count). The highest BCUT2D eigenvalue weighted by atomic mass is 127. The second-order valence-corrected chi connectivity index (χ2v) is 4.72. The number of benzene rings is 2. The van der Waals surface area contributed by atoms with Gasteiger partial charge in [0.1, 0.15) is 0 Å². The van der Waals surface area contributed by atoms with Crippen molar-refractivity contribution in [3.63, 3.8) is 0 Å². The first-order valence-electron chi connectivity index (χ1n) is 4.48. The summed E-state index contributed by atoms with van der Waals surface area (Å²) in [4.78, 5) is 0. The van der Waals surface area contributed by atoms with Crippen LogP contribution in [0.4, 0.5) is 0 Å². The molecule has 0 unspecified atom stereocenters. The van der Waals surface area contributed by atoms with E-state index < -0.39 is 0 Å². The van der Waals surface area contributed by atoms with E-state index in [-0.39, 0.29) is 0 Å². The number of hydrogen-bond donors (Lipinski definition) is 0. The summed E-state index contributed by atoms with van der Waals surface area (Å²) in [7, 11) is 0. The van der Waals surface area contributed by atoms with Crippen molar-refractivity contribution in [1.82, 2.24) is 0 Å². The summed E-state index contributed by atoms with van der Waals surface area (Å²) in [5.74, 6) is 0. The number of alkyl halides is 2. The maximum atomic E-state index is 2.42. The van der Waals surface area contributed by atoms with Crippen molar-refractivity contribution < 1.29 is 0 Å². The molecule has 0 spiro atoms. The first-order valence-corrected chi connectivity index (χ1v) is 7.53. The largest absolute Gasteiger partial charge is 0.0812 e. The molecular weight excluding hydrogens is 398 g/mol. The fourth-order valence-electron chi connectivity index (χ4n) is 1.66. The van der Waals surface area contributed by atoms with Crippen LogP contribution in [0.5, 0.6) is 0 Å². The van der Waals surface area contributed by atoms with E-state index in [4.69, 9.17) is 0 Å². The normalized spacial score (nSPS) is 10.7. The number of halogens is 2. The summed E-state index contributed by atoms with van der Waals surface area (Å²) in [6.45, 7) is 0. The van der Waals surface area contributed by atoms with Gasteiger partial charge in [0.15, 0.2) is 0 Å². The highest BCUT2D eigenvalue weighted by molar-refractivity contribution is 14.1. The molecule has 0 bridgehead atoms. The van der Waals surface area contributed by atoms with Crippen molar-refractivity contribution in [2.45, 2.75) is 8.86 Å². The summed E-state index contributed by atoms with van der Waals surface area (Å²) in [5, 5.41) is 2.83. The monoisotopic (exact) mass is 408 g/mol. The van der Waals surface area contributed by atoms with Crippen molar-refractivity contribution in [2.24, 2.45) is 0 Å². The SMILES string of the molecule is ICc1ccc(CI)c2ccccc12. The molecule has 0 aliphatic heterocycles. The van der Waals surface area contributed by atoms with Crippen molar-refractivity contribution in [1.29, 1.82) is 0 Å². The molecule has 0 amide bonds. The first kappa shape index (κ1) is 10.7. The van der Waals surface area contributed by atoms with Gasteiger partial charge in [0.2, 0.25) is 0 Å². The van der Waals surface area contributed by atoms with Crippen LogP contribution in [0.3, 0.4) is 0 Å². The van der Waals surface area contributed by atoms with Crippen LogP contribution in [-0.2, 0) is 8.86 Å². The van der Waals surface area contributed by atoms with Gasteiger partial charge in [-0.1, -0.05) is 81.6 Å². The summed E-state index contributed by atoms with van der Waals surface area (Å²) < 4.78 is 2.17. The van der Waals surface area contributed by atoms with Crippen LogP contribution >= 0.6 is 45.2 Å². The van der Waals surface area contributed by atoms with Crippen molar-refractivity contribution in [3.05, 3.63) is 47.5 Å². The molecule has 0 heterocycles. The van der Waals surface area contributed by atoms with Crippen LogP contribution < -0.4 is 0 Å². The van der Waals surface area contributed by atoms with Gasteiger partial charge in [-0.2, -0.15) is 0 Å². The fourth-order valence-corrected chi connectivity index (χ4v) is 2.99. The quantitative estimate of drug-likeness (QED) is 0.499. The average Bonchev–Trinajstić information content (AvgIpc) is 2.27. The molecule has 0 aromatic heterocycles. The van der Waals surface area contributed by atoms with Crippen LogP contribution in [0, 0.1) is 0 Å². The molecule has 0 saturated carbocycles. The third-order valence-corrected chi connectivity index (χ3v) is 4.04. The van der Waals surface area contributed by atoms with Gasteiger partial charge in [-0.05, 0) is 21.9 Å². The molecule has 0 saturated heterocycles. The maximum absolute atomic E-state index is 2.42. The van der Waals surface area contributed by atoms with Gasteiger partial charge in [-0.3, -0.25) is 0 Å². The minimum absolute atomic E-state index is 1.08. The molecule has 0 aliphatic carbocycles. The zero-order chi connectivity index (χ0) is 9.97. The minimum Gasteiger partial charge on any atom is -0.0812 e. The summed E-state index contributed by atoms with van der Waals surface area (Å²) >= 11 is 4.85. The van der Waals surface area contributed by atoms with Crippen LogP contribution in [-0.4, -0.2) is 0 Å². The van der Waals surface area contributed by atoms with E-state index in [0.717, 1.165) is 8.86 Å². The fraction of sp³-hybridized carbons (Fsp3) is 0.167. The zero-order valence-electron chi connectivity index (χ0n) is 7.63. The van der Waals surface area contributed by atoms with Crippen LogP contribution in [0.25, 0.3) is 10.8 Å². The van der Waals surface area contributed by atoms with E-state index in [1.165, 1.54) is 21.9 Å². The molecule has 2 aromatic carbocycles. The Bertz CT molecular complexity index is 407. The lowest BCUT2D eigenvalue weighted by Gasteiger charge is -2.07. The molecule has 0 fully saturated rings. The summed E-state index contributed by atoms with van der Waals surface area (Å²) in [6, 6.07) is 13.2. The van der Waals surface area contributed by atoms with E-state index in [1.54, 1.807) is 0 Å².